The number of pyridine rings is 1. The number of carbonyl (C=O) groups excluding carboxylic acids is 1. The van der Waals surface area contributed by atoms with E-state index in [9.17, 15) is 9.18 Å². The van der Waals surface area contributed by atoms with Crippen LogP contribution in [0.25, 0.3) is 0 Å². The molecule has 0 aliphatic heterocycles. The number of ether oxygens (including phenoxy) is 3. The highest BCUT2D eigenvalue weighted by Crippen LogP contribution is 2.33. The minimum Gasteiger partial charge on any atom is -0.497 e. The summed E-state index contributed by atoms with van der Waals surface area (Å²) >= 11 is 0. The number of carbonyl (C=O) groups is 1. The van der Waals surface area contributed by atoms with E-state index >= 15 is 0 Å². The first-order valence-corrected chi connectivity index (χ1v) is 8.90. The van der Waals surface area contributed by atoms with Gasteiger partial charge in [-0.05, 0) is 42.5 Å². The maximum atomic E-state index is 13.8. The van der Waals surface area contributed by atoms with E-state index in [1.165, 1.54) is 24.0 Å². The number of amides is 1. The van der Waals surface area contributed by atoms with Gasteiger partial charge in [-0.15, -0.1) is 0 Å². The zero-order valence-electron chi connectivity index (χ0n) is 16.4. The molecule has 0 fully saturated rings. The average Bonchev–Trinajstić information content (AvgIpc) is 2.73. The fourth-order valence-corrected chi connectivity index (χ4v) is 2.82. The van der Waals surface area contributed by atoms with E-state index in [4.69, 9.17) is 14.2 Å². The van der Waals surface area contributed by atoms with Crippen LogP contribution >= 0.6 is 0 Å². The molecule has 0 saturated heterocycles. The molecular weight excluding hydrogens is 374 g/mol. The number of rotatable bonds is 7. The lowest BCUT2D eigenvalue weighted by Gasteiger charge is -2.24. The van der Waals surface area contributed by atoms with Crippen molar-refractivity contribution in [3.63, 3.8) is 0 Å². The first kappa shape index (κ1) is 20.1. The van der Waals surface area contributed by atoms with Crippen molar-refractivity contribution in [2.45, 2.75) is 13.5 Å². The molecule has 0 atom stereocenters. The molecule has 1 amide bonds. The number of hydrogen-bond donors (Lipinski definition) is 0. The Bertz CT molecular complexity index is 992. The van der Waals surface area contributed by atoms with Gasteiger partial charge in [0.15, 0.2) is 0 Å². The summed E-state index contributed by atoms with van der Waals surface area (Å²) in [5.74, 6) is 0.769. The molecule has 0 spiro atoms. The Balaban J connectivity index is 1.96. The van der Waals surface area contributed by atoms with Gasteiger partial charge in [-0.2, -0.15) is 9.37 Å². The van der Waals surface area contributed by atoms with Gasteiger partial charge >= 0.3 is 0 Å². The molecule has 3 aromatic rings. The van der Waals surface area contributed by atoms with Crippen LogP contribution in [0.3, 0.4) is 0 Å². The summed E-state index contributed by atoms with van der Waals surface area (Å²) in [7, 11) is 3.12. The normalized spacial score (nSPS) is 10.3. The summed E-state index contributed by atoms with van der Waals surface area (Å²) in [6.45, 7) is 1.64. The van der Waals surface area contributed by atoms with Gasteiger partial charge in [0.2, 0.25) is 17.7 Å². The van der Waals surface area contributed by atoms with Gasteiger partial charge in [0.25, 0.3) is 0 Å². The molecule has 1 heterocycles. The summed E-state index contributed by atoms with van der Waals surface area (Å²) in [6.07, 6.45) is 0. The van der Waals surface area contributed by atoms with Crippen LogP contribution in [0, 0.1) is 5.95 Å². The minimum absolute atomic E-state index is 0.0136. The second-order valence-electron chi connectivity index (χ2n) is 6.15. The maximum absolute atomic E-state index is 13.8. The number of aromatic nitrogens is 1. The van der Waals surface area contributed by atoms with Gasteiger partial charge in [0.1, 0.15) is 22.9 Å². The van der Waals surface area contributed by atoms with Crippen LogP contribution in [0.5, 0.6) is 23.1 Å². The lowest BCUT2D eigenvalue weighted by atomic mass is 10.1. The van der Waals surface area contributed by atoms with Gasteiger partial charge in [-0.25, -0.2) is 0 Å². The lowest BCUT2D eigenvalue weighted by molar-refractivity contribution is -0.116. The molecule has 1 aromatic heterocycles. The Morgan fingerprint density at radius 2 is 1.66 bits per heavy atom. The van der Waals surface area contributed by atoms with Crippen molar-refractivity contribution >= 4 is 11.6 Å². The van der Waals surface area contributed by atoms with Gasteiger partial charge < -0.3 is 19.1 Å². The van der Waals surface area contributed by atoms with Crippen molar-refractivity contribution in [1.29, 1.82) is 0 Å². The predicted molar refractivity (Wildman–Crippen MR) is 107 cm³/mol. The zero-order chi connectivity index (χ0) is 20.8. The standard InChI is InChI=1S/C22H21FN2O4/c1-15(26)25(14-16-6-4-5-7-20(16)28-3)19-12-13-21(23)24-22(19)29-18-10-8-17(27-2)9-11-18/h4-13H,14H2,1-3H3/i23-1. The number of halogens is 1. The van der Waals surface area contributed by atoms with Crippen LogP contribution in [-0.4, -0.2) is 25.1 Å². The van der Waals surface area contributed by atoms with Crippen LogP contribution in [0.2, 0.25) is 0 Å². The molecule has 0 unspecified atom stereocenters. The van der Waals surface area contributed by atoms with E-state index in [-0.39, 0.29) is 18.3 Å². The van der Waals surface area contributed by atoms with E-state index in [2.05, 4.69) is 4.98 Å². The molecular formula is C22H21FN2O4. The van der Waals surface area contributed by atoms with Gasteiger partial charge in [-0.3, -0.25) is 4.79 Å². The Kier molecular flexibility index (Phi) is 6.29. The summed E-state index contributed by atoms with van der Waals surface area (Å²) in [4.78, 5) is 17.7. The Hall–Kier alpha value is -3.61. The number of benzene rings is 2. The van der Waals surface area contributed by atoms with E-state index in [1.807, 2.05) is 24.3 Å². The Morgan fingerprint density at radius 3 is 2.31 bits per heavy atom. The number of anilines is 1. The van der Waals surface area contributed by atoms with Crippen molar-refractivity contribution in [2.75, 3.05) is 19.1 Å². The molecule has 29 heavy (non-hydrogen) atoms. The van der Waals surface area contributed by atoms with Crippen LogP contribution < -0.4 is 19.1 Å². The van der Waals surface area contributed by atoms with Crippen LogP contribution in [-0.2, 0) is 11.3 Å². The molecule has 7 heteroatoms. The lowest BCUT2D eigenvalue weighted by Crippen LogP contribution is -2.28. The molecule has 2 aromatic carbocycles. The molecule has 0 bridgehead atoms. The molecule has 3 rings (SSSR count). The summed E-state index contributed by atoms with van der Waals surface area (Å²) in [5.41, 5.74) is 1.14. The van der Waals surface area contributed by atoms with Crippen molar-refractivity contribution in [1.82, 2.24) is 4.98 Å². The molecule has 0 saturated carbocycles. The Labute approximate surface area is 168 Å². The Morgan fingerprint density at radius 1 is 0.966 bits per heavy atom. The van der Waals surface area contributed by atoms with E-state index in [0.29, 0.717) is 22.9 Å². The first-order valence-electron chi connectivity index (χ1n) is 8.90. The highest BCUT2D eigenvalue weighted by Gasteiger charge is 2.21. The first-order chi connectivity index (χ1) is 14.0. The van der Waals surface area contributed by atoms with Crippen molar-refractivity contribution < 1.29 is 23.4 Å². The van der Waals surface area contributed by atoms with Gasteiger partial charge in [0, 0.05) is 12.5 Å². The molecule has 0 aliphatic rings. The second-order valence-corrected chi connectivity index (χ2v) is 6.15. The van der Waals surface area contributed by atoms with Crippen LogP contribution in [0.1, 0.15) is 12.5 Å². The van der Waals surface area contributed by atoms with E-state index in [0.717, 1.165) is 5.56 Å². The van der Waals surface area contributed by atoms with E-state index < -0.39 is 5.95 Å². The largest absolute Gasteiger partial charge is 0.497 e. The van der Waals surface area contributed by atoms with Crippen LogP contribution in [0.4, 0.5) is 10.1 Å². The maximum Gasteiger partial charge on any atom is 0.246 e. The summed E-state index contributed by atoms with van der Waals surface area (Å²) in [6, 6.07) is 16.8. The monoisotopic (exact) mass is 395 g/mol. The third kappa shape index (κ3) is 4.82. The fraction of sp³-hybridized carbons (Fsp3) is 0.182. The third-order valence-electron chi connectivity index (χ3n) is 4.27. The fourth-order valence-electron chi connectivity index (χ4n) is 2.82. The number of nitrogens with zero attached hydrogens (tertiary/aromatic N) is 2. The third-order valence-corrected chi connectivity index (χ3v) is 4.27. The van der Waals surface area contributed by atoms with Crippen molar-refractivity contribution in [3.8, 4) is 23.1 Å². The quantitative estimate of drug-likeness (QED) is 0.548. The van der Waals surface area contributed by atoms with Gasteiger partial charge in [-0.1, -0.05) is 18.2 Å². The van der Waals surface area contributed by atoms with Crippen molar-refractivity contribution in [3.05, 3.63) is 72.2 Å². The zero-order valence-corrected chi connectivity index (χ0v) is 16.4. The van der Waals surface area contributed by atoms with Crippen LogP contribution in [0.15, 0.2) is 60.7 Å². The highest BCUT2D eigenvalue weighted by molar-refractivity contribution is 5.92. The van der Waals surface area contributed by atoms with Gasteiger partial charge in [0.05, 0.1) is 20.8 Å². The summed E-state index contributed by atoms with van der Waals surface area (Å²) in [5, 5.41) is 0. The highest BCUT2D eigenvalue weighted by atomic mass is 18.2. The minimum atomic E-state index is -0.710. The van der Waals surface area contributed by atoms with Crippen molar-refractivity contribution in [2.24, 2.45) is 0 Å². The average molecular weight is 395 g/mol. The van der Waals surface area contributed by atoms with E-state index in [1.54, 1.807) is 38.5 Å². The molecule has 0 aliphatic carbocycles. The SMILES string of the molecule is COc1ccc(Oc2nc([18F])ccc2N(Cc2ccccc2OC)C(C)=O)cc1. The number of methoxy groups -OCH3 is 2. The predicted octanol–water partition coefficient (Wildman–Crippen LogP) is 4.58. The molecule has 0 N–H and O–H groups in total. The second kappa shape index (κ2) is 9.05. The summed E-state index contributed by atoms with van der Waals surface area (Å²) < 4.78 is 30.1. The molecule has 150 valence electrons. The topological polar surface area (TPSA) is 60.9 Å². The number of hydrogen-bond acceptors (Lipinski definition) is 5. The molecule has 6 nitrogen and oxygen atoms in total. The smallest absolute Gasteiger partial charge is 0.246 e. The number of para-hydroxylation sites is 1. The molecule has 0 radical (unpaired) electrons.